The van der Waals surface area contributed by atoms with Crippen LogP contribution in [0, 0.1) is 0 Å². The molecule has 0 aliphatic heterocycles. The number of benzene rings is 1. The average molecular weight is 301 g/mol. The number of rotatable bonds is 8. The summed E-state index contributed by atoms with van der Waals surface area (Å²) in [6.45, 7) is 9.95. The fraction of sp³-hybridized carbons (Fsp3) is 0.222. The highest BCUT2D eigenvalue weighted by atomic mass is 32.2. The molecule has 1 aromatic rings. The first-order valence-corrected chi connectivity index (χ1v) is 8.08. The molecular formula is C18H23NOS. The molecule has 0 aliphatic rings. The van der Waals surface area contributed by atoms with E-state index in [2.05, 4.69) is 20.1 Å². The van der Waals surface area contributed by atoms with Crippen LogP contribution in [0.3, 0.4) is 0 Å². The van der Waals surface area contributed by atoms with Crippen molar-refractivity contribution in [2.45, 2.75) is 18.2 Å². The number of hydrogen-bond acceptors (Lipinski definition) is 3. The van der Waals surface area contributed by atoms with Gasteiger partial charge in [0.15, 0.2) is 0 Å². The zero-order valence-electron chi connectivity index (χ0n) is 12.8. The Kier molecular flexibility index (Phi) is 7.48. The van der Waals surface area contributed by atoms with Gasteiger partial charge in [0.05, 0.1) is 0 Å². The predicted octanol–water partition coefficient (Wildman–Crippen LogP) is 4.79. The maximum absolute atomic E-state index is 6.10. The second kappa shape index (κ2) is 9.14. The quantitative estimate of drug-likeness (QED) is 0.426. The van der Waals surface area contributed by atoms with Crippen LogP contribution in [0.25, 0.3) is 0 Å². The van der Waals surface area contributed by atoms with Crippen molar-refractivity contribution >= 4 is 17.4 Å². The zero-order valence-corrected chi connectivity index (χ0v) is 13.6. The van der Waals surface area contributed by atoms with E-state index < -0.39 is 0 Å². The van der Waals surface area contributed by atoms with E-state index in [1.807, 2.05) is 36.6 Å². The molecule has 0 spiro atoms. The van der Waals surface area contributed by atoms with Crippen molar-refractivity contribution in [3.8, 4) is 5.75 Å². The molecule has 0 aromatic heterocycles. The Morgan fingerprint density at radius 3 is 2.67 bits per heavy atom. The van der Waals surface area contributed by atoms with E-state index >= 15 is 0 Å². The van der Waals surface area contributed by atoms with Gasteiger partial charge < -0.3 is 10.5 Å². The van der Waals surface area contributed by atoms with Gasteiger partial charge in [0.25, 0.3) is 0 Å². The van der Waals surface area contributed by atoms with Gasteiger partial charge >= 0.3 is 0 Å². The van der Waals surface area contributed by atoms with Crippen LogP contribution in [0.4, 0.5) is 5.69 Å². The molecule has 1 aromatic carbocycles. The third-order valence-corrected chi connectivity index (χ3v) is 3.78. The Labute approximate surface area is 132 Å². The molecule has 0 fully saturated rings. The lowest BCUT2D eigenvalue weighted by atomic mass is 10.1. The van der Waals surface area contributed by atoms with Crippen molar-refractivity contribution in [2.24, 2.45) is 0 Å². The first kappa shape index (κ1) is 17.2. The number of allylic oxidation sites excluding steroid dienone is 4. The second-order valence-corrected chi connectivity index (χ2v) is 5.26. The van der Waals surface area contributed by atoms with Crippen LogP contribution in [-0.2, 0) is 6.42 Å². The topological polar surface area (TPSA) is 35.2 Å². The molecule has 0 bridgehead atoms. The Hall–Kier alpha value is -1.87. The van der Waals surface area contributed by atoms with E-state index in [0.717, 1.165) is 23.4 Å². The molecule has 2 N–H and O–H groups in total. The van der Waals surface area contributed by atoms with Crippen LogP contribution in [-0.4, -0.2) is 12.9 Å². The van der Waals surface area contributed by atoms with Crippen LogP contribution in [0.2, 0.25) is 0 Å². The van der Waals surface area contributed by atoms with Crippen LogP contribution in [0.15, 0.2) is 66.1 Å². The van der Waals surface area contributed by atoms with Crippen LogP contribution in [0.1, 0.15) is 12.5 Å². The Morgan fingerprint density at radius 2 is 2.10 bits per heavy atom. The van der Waals surface area contributed by atoms with Gasteiger partial charge in [0, 0.05) is 16.6 Å². The summed E-state index contributed by atoms with van der Waals surface area (Å²) in [5.74, 6) is 0.788. The van der Waals surface area contributed by atoms with Crippen molar-refractivity contribution < 1.29 is 4.74 Å². The molecule has 0 aliphatic carbocycles. The van der Waals surface area contributed by atoms with Gasteiger partial charge in [-0.3, -0.25) is 0 Å². The third-order valence-electron chi connectivity index (χ3n) is 2.97. The van der Waals surface area contributed by atoms with Gasteiger partial charge in [0.1, 0.15) is 12.4 Å². The highest BCUT2D eigenvalue weighted by Crippen LogP contribution is 2.31. The summed E-state index contributed by atoms with van der Waals surface area (Å²) in [4.78, 5) is 1.17. The number of nitrogens with two attached hydrogens (primary N) is 1. The SMILES string of the molecule is C=C/C=C\C(=C/C=C)COc1cc(N)c(CC)c(SC)c1. The van der Waals surface area contributed by atoms with Crippen LogP contribution in [0.5, 0.6) is 5.75 Å². The van der Waals surface area contributed by atoms with E-state index in [1.165, 1.54) is 10.5 Å². The smallest absolute Gasteiger partial charge is 0.123 e. The molecule has 21 heavy (non-hydrogen) atoms. The van der Waals surface area contributed by atoms with E-state index in [9.17, 15) is 0 Å². The molecule has 0 amide bonds. The molecule has 0 saturated carbocycles. The largest absolute Gasteiger partial charge is 0.489 e. The van der Waals surface area contributed by atoms with Gasteiger partial charge in [-0.25, -0.2) is 0 Å². The lowest BCUT2D eigenvalue weighted by molar-refractivity contribution is 0.355. The highest BCUT2D eigenvalue weighted by molar-refractivity contribution is 7.98. The molecule has 0 atom stereocenters. The molecule has 1 rings (SSSR count). The van der Waals surface area contributed by atoms with E-state index in [-0.39, 0.29) is 0 Å². The summed E-state index contributed by atoms with van der Waals surface area (Å²) in [6.07, 6.45) is 12.2. The summed E-state index contributed by atoms with van der Waals surface area (Å²) in [6, 6.07) is 3.93. The predicted molar refractivity (Wildman–Crippen MR) is 95.1 cm³/mol. The lowest BCUT2D eigenvalue weighted by Gasteiger charge is -2.13. The lowest BCUT2D eigenvalue weighted by Crippen LogP contribution is -2.02. The fourth-order valence-corrected chi connectivity index (χ4v) is 2.69. The molecule has 0 saturated heterocycles. The minimum Gasteiger partial charge on any atom is -0.489 e. The maximum atomic E-state index is 6.10. The van der Waals surface area contributed by atoms with E-state index in [0.29, 0.717) is 6.61 Å². The van der Waals surface area contributed by atoms with Gasteiger partial charge in [-0.15, -0.1) is 11.8 Å². The summed E-state index contributed by atoms with van der Waals surface area (Å²) < 4.78 is 5.85. The zero-order chi connectivity index (χ0) is 15.7. The van der Waals surface area contributed by atoms with E-state index in [1.54, 1.807) is 23.9 Å². The van der Waals surface area contributed by atoms with Crippen molar-refractivity contribution in [2.75, 3.05) is 18.6 Å². The molecule has 0 radical (unpaired) electrons. The number of hydrogen-bond donors (Lipinski definition) is 1. The van der Waals surface area contributed by atoms with Crippen molar-refractivity contribution in [1.82, 2.24) is 0 Å². The minimum absolute atomic E-state index is 0.467. The molecule has 0 unspecified atom stereocenters. The maximum Gasteiger partial charge on any atom is 0.123 e. The summed E-state index contributed by atoms with van der Waals surface area (Å²) in [5.41, 5.74) is 9.09. The minimum atomic E-state index is 0.467. The summed E-state index contributed by atoms with van der Waals surface area (Å²) in [7, 11) is 0. The first-order chi connectivity index (χ1) is 10.2. The van der Waals surface area contributed by atoms with Gasteiger partial charge in [0.2, 0.25) is 0 Å². The molecule has 112 valence electrons. The summed E-state index contributed by atoms with van der Waals surface area (Å²) in [5, 5.41) is 0. The second-order valence-electron chi connectivity index (χ2n) is 4.41. The number of ether oxygens (including phenoxy) is 1. The normalized spacial score (nSPS) is 11.6. The molecule has 0 heterocycles. The standard InChI is InChI=1S/C18H23NOS/c1-5-8-10-14(9-6-2)13-20-15-11-17(19)16(7-3)18(12-15)21-4/h5-6,8-12H,1-2,7,13,19H2,3-4H3/b10-8-,14-9+. The van der Waals surface area contributed by atoms with Gasteiger partial charge in [-0.2, -0.15) is 0 Å². The Bertz CT molecular complexity index is 559. The highest BCUT2D eigenvalue weighted by Gasteiger charge is 2.07. The third kappa shape index (κ3) is 5.20. The van der Waals surface area contributed by atoms with E-state index in [4.69, 9.17) is 10.5 Å². The average Bonchev–Trinajstić information content (AvgIpc) is 2.49. The first-order valence-electron chi connectivity index (χ1n) is 6.86. The van der Waals surface area contributed by atoms with Crippen molar-refractivity contribution in [1.29, 1.82) is 0 Å². The Morgan fingerprint density at radius 1 is 1.33 bits per heavy atom. The number of anilines is 1. The fourth-order valence-electron chi connectivity index (χ4n) is 1.95. The number of thioether (sulfide) groups is 1. The van der Waals surface area contributed by atoms with Crippen molar-refractivity contribution in [3.05, 3.63) is 66.8 Å². The number of nitrogen functional groups attached to an aromatic ring is 1. The van der Waals surface area contributed by atoms with Crippen LogP contribution >= 0.6 is 11.8 Å². The van der Waals surface area contributed by atoms with Gasteiger partial charge in [-0.05, 0) is 29.9 Å². The molecule has 2 nitrogen and oxygen atoms in total. The monoisotopic (exact) mass is 301 g/mol. The molecular weight excluding hydrogens is 278 g/mol. The van der Waals surface area contributed by atoms with Crippen molar-refractivity contribution in [3.63, 3.8) is 0 Å². The summed E-state index contributed by atoms with van der Waals surface area (Å²) >= 11 is 1.69. The molecule has 3 heteroatoms. The van der Waals surface area contributed by atoms with Gasteiger partial charge in [-0.1, -0.05) is 50.5 Å². The van der Waals surface area contributed by atoms with Crippen LogP contribution < -0.4 is 10.5 Å². The Balaban J connectivity index is 2.90.